The molecule has 0 spiro atoms. The van der Waals surface area contributed by atoms with Crippen LogP contribution in [0.25, 0.3) is 0 Å². The highest BCUT2D eigenvalue weighted by atomic mass is 32.2. The zero-order valence-corrected chi connectivity index (χ0v) is 24.5. The summed E-state index contributed by atoms with van der Waals surface area (Å²) in [5.74, 6) is 3.36. The van der Waals surface area contributed by atoms with Gasteiger partial charge in [0.2, 0.25) is 0 Å². The second-order valence-corrected chi connectivity index (χ2v) is 15.0. The van der Waals surface area contributed by atoms with Gasteiger partial charge in [-0.3, -0.25) is 0 Å². The van der Waals surface area contributed by atoms with Gasteiger partial charge in [-0.15, -0.1) is 0 Å². The van der Waals surface area contributed by atoms with E-state index in [1.54, 1.807) is 23.9 Å². The largest absolute Gasteiger partial charge is 0.482 e. The van der Waals surface area contributed by atoms with Gasteiger partial charge in [-0.25, -0.2) is 4.79 Å². The molecule has 6 rings (SSSR count). The Labute approximate surface area is 231 Å². The van der Waals surface area contributed by atoms with Crippen LogP contribution in [-0.2, 0) is 0 Å². The van der Waals surface area contributed by atoms with Crippen LogP contribution in [0.4, 0.5) is 0 Å². The van der Waals surface area contributed by atoms with E-state index < -0.39 is 5.97 Å². The monoisotopic (exact) mass is 534 g/mol. The van der Waals surface area contributed by atoms with Gasteiger partial charge in [-0.1, -0.05) is 66.1 Å². The average Bonchev–Trinajstić information content (AvgIpc) is 3.54. The lowest BCUT2D eigenvalue weighted by atomic mass is 9.88. The number of fused-ring (bicyclic) bond motifs is 2. The number of carboxylic acid groups (broad SMARTS) is 1. The van der Waals surface area contributed by atoms with Gasteiger partial charge in [-0.2, -0.15) is 0 Å². The third-order valence-electron chi connectivity index (χ3n) is 10.9. The first-order valence-corrected chi connectivity index (χ1v) is 15.2. The van der Waals surface area contributed by atoms with Crippen LogP contribution < -0.4 is 9.47 Å². The Morgan fingerprint density at radius 1 is 0.763 bits per heavy atom. The number of hydrogen-bond acceptors (Lipinski definition) is 4. The Balaban J connectivity index is 1.34. The van der Waals surface area contributed by atoms with Gasteiger partial charge >= 0.3 is 5.97 Å². The molecule has 4 aliphatic carbocycles. The van der Waals surface area contributed by atoms with Crippen molar-refractivity contribution in [2.75, 3.05) is 0 Å². The van der Waals surface area contributed by atoms with Crippen molar-refractivity contribution in [3.05, 3.63) is 48.0 Å². The lowest BCUT2D eigenvalue weighted by Gasteiger charge is -2.33. The van der Waals surface area contributed by atoms with E-state index >= 15 is 0 Å². The van der Waals surface area contributed by atoms with Gasteiger partial charge in [0.05, 0.1) is 5.56 Å². The number of benzene rings is 2. The second-order valence-electron chi connectivity index (χ2n) is 13.8. The van der Waals surface area contributed by atoms with Gasteiger partial charge in [0.25, 0.3) is 0 Å². The van der Waals surface area contributed by atoms with Crippen molar-refractivity contribution in [3.63, 3.8) is 0 Å². The molecule has 4 saturated carbocycles. The van der Waals surface area contributed by atoms with Crippen LogP contribution in [0.3, 0.4) is 0 Å². The van der Waals surface area contributed by atoms with E-state index in [-0.39, 0.29) is 22.0 Å². The van der Waals surface area contributed by atoms with Crippen molar-refractivity contribution in [2.24, 2.45) is 34.5 Å². The quantitative estimate of drug-likeness (QED) is 0.385. The first-order chi connectivity index (χ1) is 17.9. The van der Waals surface area contributed by atoms with Crippen LogP contribution >= 0.6 is 11.8 Å². The topological polar surface area (TPSA) is 55.8 Å². The van der Waals surface area contributed by atoms with Crippen LogP contribution in [0.1, 0.15) is 90.4 Å². The van der Waals surface area contributed by atoms with E-state index in [9.17, 15) is 9.90 Å². The number of rotatable bonds is 7. The normalized spacial score (nSPS) is 35.9. The third-order valence-corrected chi connectivity index (χ3v) is 11.9. The highest BCUT2D eigenvalue weighted by Gasteiger charge is 2.76. The number of carbonyl (C=O) groups is 1. The molecule has 0 aromatic heterocycles. The van der Waals surface area contributed by atoms with Crippen LogP contribution in [0.2, 0.25) is 0 Å². The van der Waals surface area contributed by atoms with Crippen molar-refractivity contribution in [2.45, 2.75) is 101 Å². The lowest BCUT2D eigenvalue weighted by Crippen LogP contribution is -2.33. The first-order valence-electron chi connectivity index (χ1n) is 14.4. The SMILES string of the molecule is CC1CCC2C(C)(C)C2(Oc2ccc(Sc3ccc(C(=O)O)cc3)cc2OC23CC(C)CCC2C3(C)C)C1. The molecule has 0 radical (unpaired) electrons. The van der Waals surface area contributed by atoms with E-state index in [0.29, 0.717) is 29.2 Å². The highest BCUT2D eigenvalue weighted by molar-refractivity contribution is 7.99. The minimum atomic E-state index is -0.904. The van der Waals surface area contributed by atoms with Gasteiger partial charge in [0.15, 0.2) is 11.5 Å². The Kier molecular flexibility index (Phi) is 5.96. The van der Waals surface area contributed by atoms with E-state index in [1.807, 2.05) is 12.1 Å². The van der Waals surface area contributed by atoms with E-state index in [2.05, 4.69) is 59.7 Å². The third kappa shape index (κ3) is 3.90. The predicted octanol–water partition coefficient (Wildman–Crippen LogP) is 8.72. The zero-order valence-electron chi connectivity index (χ0n) is 23.7. The predicted molar refractivity (Wildman–Crippen MR) is 151 cm³/mol. The van der Waals surface area contributed by atoms with Crippen LogP contribution in [0, 0.1) is 34.5 Å². The lowest BCUT2D eigenvalue weighted by molar-refractivity contribution is 0.0574. The van der Waals surface area contributed by atoms with Crippen LogP contribution in [0.5, 0.6) is 11.5 Å². The molecular weight excluding hydrogens is 492 g/mol. The molecule has 204 valence electrons. The fourth-order valence-corrected chi connectivity index (χ4v) is 9.23. The maximum atomic E-state index is 11.3. The molecule has 0 amide bonds. The zero-order chi connectivity index (χ0) is 27.1. The van der Waals surface area contributed by atoms with Gasteiger partial charge < -0.3 is 14.6 Å². The number of aromatic carboxylic acids is 1. The molecule has 4 fully saturated rings. The fourth-order valence-electron chi connectivity index (χ4n) is 8.39. The summed E-state index contributed by atoms with van der Waals surface area (Å²) in [6, 6.07) is 13.5. The highest BCUT2D eigenvalue weighted by Crippen LogP contribution is 2.73. The van der Waals surface area contributed by atoms with Gasteiger partial charge in [0, 0.05) is 32.5 Å². The Bertz CT molecular complexity index is 1250. The number of hydrogen-bond donors (Lipinski definition) is 1. The van der Waals surface area contributed by atoms with Crippen molar-refractivity contribution >= 4 is 17.7 Å². The summed E-state index contributed by atoms with van der Waals surface area (Å²) in [5, 5.41) is 9.25. The molecule has 4 aliphatic rings. The molecule has 6 atom stereocenters. The van der Waals surface area contributed by atoms with E-state index in [4.69, 9.17) is 9.47 Å². The smallest absolute Gasteiger partial charge is 0.335 e. The minimum Gasteiger partial charge on any atom is -0.482 e. The second kappa shape index (κ2) is 8.68. The molecule has 0 aliphatic heterocycles. The van der Waals surface area contributed by atoms with Crippen molar-refractivity contribution in [3.8, 4) is 11.5 Å². The Morgan fingerprint density at radius 2 is 1.26 bits per heavy atom. The Hall–Kier alpha value is -2.14. The summed E-state index contributed by atoms with van der Waals surface area (Å²) in [6.45, 7) is 14.2. The standard InChI is InChI=1S/C33H42O4S/c1-20-7-15-27-30(3,4)32(27,18-20)36-25-14-13-24(38-23-11-9-22(10-12-23)29(34)35)17-26(25)37-33-19-21(2)8-16-28(33)31(33,5)6/h9-14,17,20-21,27-28H,7-8,15-16,18-19H2,1-6H3,(H,34,35). The summed E-state index contributed by atoms with van der Waals surface area (Å²) in [5.41, 5.74) is 0.389. The average molecular weight is 535 g/mol. The molecule has 2 aromatic rings. The summed E-state index contributed by atoms with van der Waals surface area (Å²) >= 11 is 1.63. The summed E-state index contributed by atoms with van der Waals surface area (Å²) in [7, 11) is 0. The molecule has 0 saturated heterocycles. The molecule has 6 unspecified atom stereocenters. The summed E-state index contributed by atoms with van der Waals surface area (Å²) in [6.07, 6.45) is 7.23. The molecule has 38 heavy (non-hydrogen) atoms. The minimum absolute atomic E-state index is 0.111. The molecule has 0 bridgehead atoms. The van der Waals surface area contributed by atoms with Crippen molar-refractivity contribution in [1.29, 1.82) is 0 Å². The molecule has 5 heteroatoms. The van der Waals surface area contributed by atoms with Gasteiger partial charge in [0.1, 0.15) is 11.2 Å². The first kappa shape index (κ1) is 26.1. The molecular formula is C33H42O4S. The van der Waals surface area contributed by atoms with Crippen LogP contribution in [-0.4, -0.2) is 22.3 Å². The summed E-state index contributed by atoms with van der Waals surface area (Å²) < 4.78 is 14.2. The summed E-state index contributed by atoms with van der Waals surface area (Å²) in [4.78, 5) is 13.4. The number of carboxylic acids is 1. The molecule has 0 heterocycles. The number of ether oxygens (including phenoxy) is 2. The van der Waals surface area contributed by atoms with E-state index in [1.165, 1.54) is 25.7 Å². The molecule has 1 N–H and O–H groups in total. The van der Waals surface area contributed by atoms with Crippen molar-refractivity contribution in [1.82, 2.24) is 0 Å². The maximum absolute atomic E-state index is 11.3. The maximum Gasteiger partial charge on any atom is 0.335 e. The van der Waals surface area contributed by atoms with Crippen molar-refractivity contribution < 1.29 is 19.4 Å². The Morgan fingerprint density at radius 3 is 1.79 bits per heavy atom. The fraction of sp³-hybridized carbons (Fsp3) is 0.606. The molecule has 4 nitrogen and oxygen atoms in total. The molecule has 2 aromatic carbocycles. The van der Waals surface area contributed by atoms with E-state index in [0.717, 1.165) is 34.1 Å². The van der Waals surface area contributed by atoms with Gasteiger partial charge in [-0.05, 0) is 80.0 Å². The van der Waals surface area contributed by atoms with Crippen LogP contribution in [0.15, 0.2) is 52.3 Å².